The van der Waals surface area contributed by atoms with E-state index in [-0.39, 0.29) is 5.91 Å². The molecular weight excluding hydrogens is 368 g/mol. The molecule has 0 spiro atoms. The Morgan fingerprint density at radius 3 is 2.88 bits per heavy atom. The summed E-state index contributed by atoms with van der Waals surface area (Å²) in [5.74, 6) is 1.40. The molecule has 1 atom stereocenters. The fraction of sp³-hybridized carbons (Fsp3) is 0.526. The van der Waals surface area contributed by atoms with Gasteiger partial charge in [0.15, 0.2) is 11.0 Å². The van der Waals surface area contributed by atoms with Crippen molar-refractivity contribution in [1.82, 2.24) is 19.7 Å². The van der Waals surface area contributed by atoms with E-state index in [1.807, 2.05) is 28.8 Å². The third-order valence-corrected chi connectivity index (χ3v) is 6.05. The van der Waals surface area contributed by atoms with E-state index in [0.717, 1.165) is 48.9 Å². The molecule has 5 nitrogen and oxygen atoms in total. The van der Waals surface area contributed by atoms with Crippen molar-refractivity contribution in [1.29, 1.82) is 0 Å². The maximum Gasteiger partial charge on any atom is 0.233 e. The maximum absolute atomic E-state index is 12.7. The van der Waals surface area contributed by atoms with E-state index in [9.17, 15) is 4.79 Å². The van der Waals surface area contributed by atoms with Crippen LogP contribution in [0.3, 0.4) is 0 Å². The molecule has 1 fully saturated rings. The van der Waals surface area contributed by atoms with Gasteiger partial charge >= 0.3 is 0 Å². The number of hydrogen-bond donors (Lipinski definition) is 0. The first-order valence-corrected chi connectivity index (χ1v) is 10.6. The molecule has 1 saturated heterocycles. The van der Waals surface area contributed by atoms with Crippen molar-refractivity contribution in [3.8, 4) is 11.4 Å². The molecule has 1 aromatic carbocycles. The number of rotatable bonds is 6. The number of thioether (sulfide) groups is 1. The molecule has 3 rings (SSSR count). The fourth-order valence-corrected chi connectivity index (χ4v) is 4.56. The van der Waals surface area contributed by atoms with E-state index in [4.69, 9.17) is 11.6 Å². The first-order valence-electron chi connectivity index (χ1n) is 9.25. The van der Waals surface area contributed by atoms with Gasteiger partial charge in [-0.1, -0.05) is 42.4 Å². The zero-order valence-corrected chi connectivity index (χ0v) is 16.9. The molecule has 0 bridgehead atoms. The summed E-state index contributed by atoms with van der Waals surface area (Å²) in [7, 11) is 0. The molecule has 2 heterocycles. The van der Waals surface area contributed by atoms with Crippen molar-refractivity contribution in [2.45, 2.75) is 57.3 Å². The number of halogens is 1. The first-order chi connectivity index (χ1) is 12.6. The van der Waals surface area contributed by atoms with Gasteiger partial charge in [-0.05, 0) is 44.7 Å². The second-order valence-corrected chi connectivity index (χ2v) is 7.87. The standard InChI is InChI=1S/C19H25ClN4OS/c1-3-16-10-5-6-11-24(16)17(25)13-26-19-22-21-18(23(19)4-2)14-8-7-9-15(20)12-14/h7-9,12,16H,3-6,10-11,13H2,1-2H3. The molecule has 140 valence electrons. The second-order valence-electron chi connectivity index (χ2n) is 6.49. The first kappa shape index (κ1) is 19.2. The normalized spacial score (nSPS) is 17.5. The van der Waals surface area contributed by atoms with Crippen LogP contribution in [0.4, 0.5) is 0 Å². The number of aromatic nitrogens is 3. The Morgan fingerprint density at radius 2 is 2.15 bits per heavy atom. The quantitative estimate of drug-likeness (QED) is 0.679. The number of nitrogens with zero attached hydrogens (tertiary/aromatic N) is 4. The molecule has 1 aliphatic rings. The molecule has 7 heteroatoms. The summed E-state index contributed by atoms with van der Waals surface area (Å²) >= 11 is 7.57. The highest BCUT2D eigenvalue weighted by molar-refractivity contribution is 7.99. The van der Waals surface area contributed by atoms with Gasteiger partial charge in [-0.2, -0.15) is 0 Å². The number of amides is 1. The van der Waals surface area contributed by atoms with Gasteiger partial charge in [0, 0.05) is 29.7 Å². The molecule has 1 aromatic heterocycles. The number of carbonyl (C=O) groups is 1. The molecule has 2 aromatic rings. The van der Waals surface area contributed by atoms with Crippen molar-refractivity contribution in [2.24, 2.45) is 0 Å². The van der Waals surface area contributed by atoms with Crippen LogP contribution in [0.15, 0.2) is 29.4 Å². The van der Waals surface area contributed by atoms with E-state index < -0.39 is 0 Å². The van der Waals surface area contributed by atoms with Gasteiger partial charge in [-0.3, -0.25) is 4.79 Å². The molecule has 26 heavy (non-hydrogen) atoms. The van der Waals surface area contributed by atoms with Crippen molar-refractivity contribution in [3.05, 3.63) is 29.3 Å². The van der Waals surface area contributed by atoms with Crippen LogP contribution in [0, 0.1) is 0 Å². The Balaban J connectivity index is 1.71. The highest BCUT2D eigenvalue weighted by Crippen LogP contribution is 2.27. The Bertz CT molecular complexity index is 764. The number of piperidine rings is 1. The number of hydrogen-bond acceptors (Lipinski definition) is 4. The Labute approximate surface area is 164 Å². The van der Waals surface area contributed by atoms with Crippen molar-refractivity contribution < 1.29 is 4.79 Å². The zero-order valence-electron chi connectivity index (χ0n) is 15.3. The lowest BCUT2D eigenvalue weighted by Crippen LogP contribution is -2.44. The van der Waals surface area contributed by atoms with Gasteiger partial charge in [-0.25, -0.2) is 0 Å². The molecule has 0 aliphatic carbocycles. The van der Waals surface area contributed by atoms with Gasteiger partial charge in [-0.15, -0.1) is 10.2 Å². The fourth-order valence-electron chi connectivity index (χ4n) is 3.48. The number of benzene rings is 1. The summed E-state index contributed by atoms with van der Waals surface area (Å²) in [5.41, 5.74) is 0.937. The van der Waals surface area contributed by atoms with Crippen LogP contribution in [0.5, 0.6) is 0 Å². The van der Waals surface area contributed by atoms with Gasteiger partial charge in [0.1, 0.15) is 0 Å². The monoisotopic (exact) mass is 392 g/mol. The smallest absolute Gasteiger partial charge is 0.233 e. The highest BCUT2D eigenvalue weighted by Gasteiger charge is 2.25. The summed E-state index contributed by atoms with van der Waals surface area (Å²) < 4.78 is 2.04. The highest BCUT2D eigenvalue weighted by atomic mass is 35.5. The SMILES string of the molecule is CCC1CCCCN1C(=O)CSc1nnc(-c2cccc(Cl)c2)n1CC. The predicted octanol–water partition coefficient (Wildman–Crippen LogP) is 4.50. The summed E-state index contributed by atoms with van der Waals surface area (Å²) in [6.45, 7) is 5.84. The largest absolute Gasteiger partial charge is 0.339 e. The molecule has 0 N–H and O–H groups in total. The van der Waals surface area contributed by atoms with Crippen LogP contribution in [-0.2, 0) is 11.3 Å². The average molecular weight is 393 g/mol. The van der Waals surface area contributed by atoms with E-state index in [1.54, 1.807) is 0 Å². The van der Waals surface area contributed by atoms with Crippen molar-refractivity contribution >= 4 is 29.3 Å². The molecule has 0 radical (unpaired) electrons. The van der Waals surface area contributed by atoms with Crippen LogP contribution in [0.2, 0.25) is 5.02 Å². The molecule has 0 saturated carbocycles. The molecular formula is C19H25ClN4OS. The summed E-state index contributed by atoms with van der Waals surface area (Å²) in [5, 5.41) is 10.1. The van der Waals surface area contributed by atoms with Gasteiger partial charge in [0.05, 0.1) is 5.75 Å². The maximum atomic E-state index is 12.7. The summed E-state index contributed by atoms with van der Waals surface area (Å²) in [6.07, 6.45) is 4.48. The Hall–Kier alpha value is -1.53. The lowest BCUT2D eigenvalue weighted by atomic mass is 10.0. The van der Waals surface area contributed by atoms with Crippen molar-refractivity contribution in [2.75, 3.05) is 12.3 Å². The third kappa shape index (κ3) is 4.23. The van der Waals surface area contributed by atoms with Gasteiger partial charge < -0.3 is 9.47 Å². The van der Waals surface area contributed by atoms with Crippen LogP contribution < -0.4 is 0 Å². The third-order valence-electron chi connectivity index (χ3n) is 4.86. The van der Waals surface area contributed by atoms with E-state index in [0.29, 0.717) is 16.8 Å². The van der Waals surface area contributed by atoms with E-state index >= 15 is 0 Å². The van der Waals surface area contributed by atoms with Gasteiger partial charge in [0.25, 0.3) is 0 Å². The molecule has 1 aliphatic heterocycles. The lowest BCUT2D eigenvalue weighted by Gasteiger charge is -2.35. The van der Waals surface area contributed by atoms with Crippen LogP contribution >= 0.6 is 23.4 Å². The van der Waals surface area contributed by atoms with Crippen LogP contribution in [-0.4, -0.2) is 43.9 Å². The average Bonchev–Trinajstić information content (AvgIpc) is 3.09. The molecule has 1 unspecified atom stereocenters. The number of carbonyl (C=O) groups excluding carboxylic acids is 1. The zero-order chi connectivity index (χ0) is 18.5. The topological polar surface area (TPSA) is 51.0 Å². The summed E-state index contributed by atoms with van der Waals surface area (Å²) in [6, 6.07) is 8.00. The number of likely N-dealkylation sites (tertiary alicyclic amines) is 1. The van der Waals surface area contributed by atoms with E-state index in [2.05, 4.69) is 28.9 Å². The summed E-state index contributed by atoms with van der Waals surface area (Å²) in [4.78, 5) is 14.7. The Kier molecular flexibility index (Phi) is 6.59. The van der Waals surface area contributed by atoms with Gasteiger partial charge in [0.2, 0.25) is 5.91 Å². The van der Waals surface area contributed by atoms with Crippen LogP contribution in [0.1, 0.15) is 39.5 Å². The predicted molar refractivity (Wildman–Crippen MR) is 107 cm³/mol. The minimum atomic E-state index is 0.205. The molecule has 1 amide bonds. The minimum absolute atomic E-state index is 0.205. The lowest BCUT2D eigenvalue weighted by molar-refractivity contribution is -0.132. The van der Waals surface area contributed by atoms with Crippen LogP contribution in [0.25, 0.3) is 11.4 Å². The second kappa shape index (κ2) is 8.91. The Morgan fingerprint density at radius 1 is 1.31 bits per heavy atom. The minimum Gasteiger partial charge on any atom is -0.339 e. The van der Waals surface area contributed by atoms with Crippen molar-refractivity contribution in [3.63, 3.8) is 0 Å². The van der Waals surface area contributed by atoms with E-state index in [1.165, 1.54) is 18.2 Å².